The molecule has 0 unspecified atom stereocenters. The van der Waals surface area contributed by atoms with Crippen LogP contribution in [0.4, 0.5) is 5.82 Å². The third-order valence-corrected chi connectivity index (χ3v) is 5.69. The summed E-state index contributed by atoms with van der Waals surface area (Å²) in [6.07, 6.45) is 3.51. The van der Waals surface area contributed by atoms with Crippen molar-refractivity contribution in [2.75, 3.05) is 19.0 Å². The van der Waals surface area contributed by atoms with Gasteiger partial charge < -0.3 is 10.2 Å². The van der Waals surface area contributed by atoms with Crippen molar-refractivity contribution >= 4 is 34.1 Å². The van der Waals surface area contributed by atoms with Gasteiger partial charge in [-0.15, -0.1) is 11.3 Å². The molecule has 0 spiro atoms. The van der Waals surface area contributed by atoms with Crippen LogP contribution in [0.3, 0.4) is 0 Å². The smallest absolute Gasteiger partial charge is 0.252 e. The van der Waals surface area contributed by atoms with Gasteiger partial charge in [0.15, 0.2) is 5.65 Å². The van der Waals surface area contributed by atoms with Gasteiger partial charge >= 0.3 is 0 Å². The molecular weight excluding hydrogens is 396 g/mol. The molecule has 0 aliphatic heterocycles. The number of pyridine rings is 2. The van der Waals surface area contributed by atoms with Gasteiger partial charge in [0.2, 0.25) is 0 Å². The Morgan fingerprint density at radius 2 is 2.07 bits per heavy atom. The topological polar surface area (TPSA) is 75.9 Å². The molecule has 0 fully saturated rings. The standard InChI is InChI=1S/C22H24N6OS/c1-14(2)28-21-17(13-25-28)16(10-18(26-21)19-6-5-9-30-19)22(29)24-12-15-7-8-20(23-11-15)27(3)4/h5-11,13-14H,12H2,1-4H3,(H,24,29). The number of amides is 1. The van der Waals surface area contributed by atoms with Crippen molar-refractivity contribution in [2.24, 2.45) is 0 Å². The molecule has 154 valence electrons. The first-order chi connectivity index (χ1) is 14.4. The number of anilines is 1. The van der Waals surface area contributed by atoms with Gasteiger partial charge in [-0.3, -0.25) is 4.79 Å². The highest BCUT2D eigenvalue weighted by atomic mass is 32.1. The normalized spacial score (nSPS) is 11.2. The van der Waals surface area contributed by atoms with Crippen molar-refractivity contribution in [2.45, 2.75) is 26.4 Å². The second-order valence-corrected chi connectivity index (χ2v) is 8.50. The van der Waals surface area contributed by atoms with Crippen LogP contribution in [0.2, 0.25) is 0 Å². The lowest BCUT2D eigenvalue weighted by atomic mass is 10.1. The fourth-order valence-electron chi connectivity index (χ4n) is 3.20. The van der Waals surface area contributed by atoms with E-state index in [1.165, 1.54) is 0 Å². The Kier molecular flexibility index (Phi) is 5.50. The van der Waals surface area contributed by atoms with E-state index in [0.29, 0.717) is 12.1 Å². The number of nitrogens with one attached hydrogen (secondary N) is 1. The number of fused-ring (bicyclic) bond motifs is 1. The highest BCUT2D eigenvalue weighted by Gasteiger charge is 2.18. The molecule has 0 bridgehead atoms. The molecule has 0 radical (unpaired) electrons. The van der Waals surface area contributed by atoms with Crippen molar-refractivity contribution in [3.05, 3.63) is 59.2 Å². The van der Waals surface area contributed by atoms with Crippen molar-refractivity contribution < 1.29 is 4.79 Å². The van der Waals surface area contributed by atoms with Crippen molar-refractivity contribution in [3.8, 4) is 10.6 Å². The predicted octanol–water partition coefficient (Wildman–Crippen LogP) is 4.13. The summed E-state index contributed by atoms with van der Waals surface area (Å²) < 4.78 is 1.85. The summed E-state index contributed by atoms with van der Waals surface area (Å²) in [6, 6.07) is 9.89. The summed E-state index contributed by atoms with van der Waals surface area (Å²) in [5.74, 6) is 0.725. The summed E-state index contributed by atoms with van der Waals surface area (Å²) in [7, 11) is 3.89. The second-order valence-electron chi connectivity index (χ2n) is 7.55. The Bertz CT molecular complexity index is 1160. The summed E-state index contributed by atoms with van der Waals surface area (Å²) in [5, 5.41) is 10.2. The Morgan fingerprint density at radius 1 is 1.23 bits per heavy atom. The molecule has 0 atom stereocenters. The fraction of sp³-hybridized carbons (Fsp3) is 0.273. The van der Waals surface area contributed by atoms with E-state index in [1.807, 2.05) is 59.4 Å². The lowest BCUT2D eigenvalue weighted by Crippen LogP contribution is -2.23. The van der Waals surface area contributed by atoms with Crippen LogP contribution >= 0.6 is 11.3 Å². The first-order valence-corrected chi connectivity index (χ1v) is 10.6. The number of aromatic nitrogens is 4. The third-order valence-electron chi connectivity index (χ3n) is 4.79. The highest BCUT2D eigenvalue weighted by molar-refractivity contribution is 7.13. The highest BCUT2D eigenvalue weighted by Crippen LogP contribution is 2.29. The molecule has 1 amide bonds. The molecule has 4 aromatic heterocycles. The van der Waals surface area contributed by atoms with Gasteiger partial charge in [-0.1, -0.05) is 12.1 Å². The minimum absolute atomic E-state index is 0.144. The van der Waals surface area contributed by atoms with Crippen LogP contribution in [-0.4, -0.2) is 39.8 Å². The van der Waals surface area contributed by atoms with E-state index in [9.17, 15) is 4.79 Å². The zero-order chi connectivity index (χ0) is 21.3. The van der Waals surface area contributed by atoms with Gasteiger partial charge in [0.1, 0.15) is 5.82 Å². The van der Waals surface area contributed by atoms with E-state index in [1.54, 1.807) is 23.7 Å². The molecule has 0 aliphatic rings. The van der Waals surface area contributed by atoms with E-state index in [4.69, 9.17) is 4.98 Å². The molecular formula is C22H24N6OS. The first kappa shape index (κ1) is 20.0. The summed E-state index contributed by atoms with van der Waals surface area (Å²) in [6.45, 7) is 4.50. The van der Waals surface area contributed by atoms with Crippen LogP contribution < -0.4 is 10.2 Å². The maximum absolute atomic E-state index is 13.1. The molecule has 1 N–H and O–H groups in total. The lowest BCUT2D eigenvalue weighted by Gasteiger charge is -2.12. The minimum atomic E-state index is -0.153. The molecule has 8 heteroatoms. The van der Waals surface area contributed by atoms with E-state index in [2.05, 4.69) is 29.2 Å². The summed E-state index contributed by atoms with van der Waals surface area (Å²) in [5.41, 5.74) is 3.02. The Morgan fingerprint density at radius 3 is 2.70 bits per heavy atom. The van der Waals surface area contributed by atoms with Gasteiger partial charge in [-0.25, -0.2) is 14.6 Å². The molecule has 0 saturated heterocycles. The largest absolute Gasteiger partial charge is 0.363 e. The molecule has 4 aromatic rings. The zero-order valence-corrected chi connectivity index (χ0v) is 18.3. The van der Waals surface area contributed by atoms with E-state index < -0.39 is 0 Å². The van der Waals surface area contributed by atoms with Crippen LogP contribution in [0.25, 0.3) is 21.6 Å². The molecule has 4 heterocycles. The third kappa shape index (κ3) is 3.91. The maximum Gasteiger partial charge on any atom is 0.252 e. The zero-order valence-electron chi connectivity index (χ0n) is 17.5. The number of nitrogens with zero attached hydrogens (tertiary/aromatic N) is 5. The van der Waals surface area contributed by atoms with E-state index >= 15 is 0 Å². The second kappa shape index (κ2) is 8.23. The van der Waals surface area contributed by atoms with Crippen LogP contribution in [0.5, 0.6) is 0 Å². The Balaban J connectivity index is 1.65. The number of carbonyl (C=O) groups excluding carboxylic acids is 1. The van der Waals surface area contributed by atoms with Gasteiger partial charge in [0.25, 0.3) is 5.91 Å². The van der Waals surface area contributed by atoms with Crippen LogP contribution in [0.1, 0.15) is 35.8 Å². The SMILES string of the molecule is CC(C)n1ncc2c(C(=O)NCc3ccc(N(C)C)nc3)cc(-c3cccs3)nc21. The molecule has 0 saturated carbocycles. The van der Waals surface area contributed by atoms with Crippen molar-refractivity contribution in [1.82, 2.24) is 25.1 Å². The van der Waals surface area contributed by atoms with Gasteiger partial charge in [-0.2, -0.15) is 5.10 Å². The minimum Gasteiger partial charge on any atom is -0.363 e. The average Bonchev–Trinajstić information content (AvgIpc) is 3.41. The first-order valence-electron chi connectivity index (χ1n) is 9.76. The maximum atomic E-state index is 13.1. The average molecular weight is 421 g/mol. The molecule has 0 aromatic carbocycles. The quantitative estimate of drug-likeness (QED) is 0.508. The monoisotopic (exact) mass is 420 g/mol. The van der Waals surface area contributed by atoms with Crippen molar-refractivity contribution in [1.29, 1.82) is 0 Å². The van der Waals surface area contributed by atoms with Crippen LogP contribution in [-0.2, 0) is 6.54 Å². The predicted molar refractivity (Wildman–Crippen MR) is 121 cm³/mol. The molecule has 30 heavy (non-hydrogen) atoms. The number of carbonyl (C=O) groups is 1. The Labute approximate surface area is 179 Å². The number of thiophene rings is 1. The lowest BCUT2D eigenvalue weighted by molar-refractivity contribution is 0.0952. The van der Waals surface area contributed by atoms with Crippen LogP contribution in [0, 0.1) is 0 Å². The van der Waals surface area contributed by atoms with Gasteiger partial charge in [0, 0.05) is 32.9 Å². The molecule has 7 nitrogen and oxygen atoms in total. The summed E-state index contributed by atoms with van der Waals surface area (Å²) >= 11 is 1.60. The van der Waals surface area contributed by atoms with Crippen LogP contribution in [0.15, 0.2) is 48.1 Å². The molecule has 4 rings (SSSR count). The van der Waals surface area contributed by atoms with Crippen molar-refractivity contribution in [3.63, 3.8) is 0 Å². The van der Waals surface area contributed by atoms with E-state index in [0.717, 1.165) is 33.0 Å². The number of hydrogen-bond donors (Lipinski definition) is 1. The van der Waals surface area contributed by atoms with Gasteiger partial charge in [0.05, 0.1) is 27.7 Å². The number of rotatable bonds is 6. The number of hydrogen-bond acceptors (Lipinski definition) is 6. The van der Waals surface area contributed by atoms with Gasteiger partial charge in [-0.05, 0) is 43.0 Å². The fourth-order valence-corrected chi connectivity index (χ4v) is 3.88. The van der Waals surface area contributed by atoms with E-state index in [-0.39, 0.29) is 11.9 Å². The Hall–Kier alpha value is -3.26. The molecule has 0 aliphatic carbocycles. The summed E-state index contributed by atoms with van der Waals surface area (Å²) in [4.78, 5) is 25.3.